The van der Waals surface area contributed by atoms with Gasteiger partial charge in [-0.15, -0.1) is 0 Å². The quantitative estimate of drug-likeness (QED) is 0.854. The van der Waals surface area contributed by atoms with E-state index in [0.717, 1.165) is 43.2 Å². The molecular weight excluding hydrogens is 318 g/mol. The Morgan fingerprint density at radius 1 is 1.16 bits per heavy atom. The number of aromatic nitrogens is 2. The molecule has 1 aliphatic carbocycles. The zero-order chi connectivity index (χ0) is 17.2. The van der Waals surface area contributed by atoms with E-state index in [9.17, 15) is 9.59 Å². The van der Waals surface area contributed by atoms with E-state index in [1.165, 1.54) is 32.1 Å². The summed E-state index contributed by atoms with van der Waals surface area (Å²) in [5.41, 5.74) is 2.64. The fourth-order valence-corrected chi connectivity index (χ4v) is 4.38. The Hall–Kier alpha value is -1.89. The molecule has 3 heterocycles. The Morgan fingerprint density at radius 3 is 2.80 bits per heavy atom. The van der Waals surface area contributed by atoms with Crippen LogP contribution in [0.15, 0.2) is 0 Å². The minimum atomic E-state index is -0.119. The van der Waals surface area contributed by atoms with Crippen LogP contribution in [-0.2, 0) is 17.8 Å². The van der Waals surface area contributed by atoms with Gasteiger partial charge in [-0.3, -0.25) is 19.6 Å². The Morgan fingerprint density at radius 2 is 2.00 bits per heavy atom. The molecule has 2 aliphatic heterocycles. The number of H-pyrrole nitrogens is 1. The van der Waals surface area contributed by atoms with Crippen molar-refractivity contribution in [2.75, 3.05) is 32.7 Å². The molecule has 4 rings (SSSR count). The number of rotatable bonds is 3. The van der Waals surface area contributed by atoms with E-state index in [1.807, 2.05) is 0 Å². The van der Waals surface area contributed by atoms with E-state index in [-0.39, 0.29) is 18.4 Å². The maximum absolute atomic E-state index is 12.8. The lowest BCUT2D eigenvalue weighted by atomic mass is 9.88. The molecule has 25 heavy (non-hydrogen) atoms. The van der Waals surface area contributed by atoms with Crippen LogP contribution < -0.4 is 5.32 Å². The van der Waals surface area contributed by atoms with E-state index >= 15 is 0 Å². The molecule has 2 amide bonds. The van der Waals surface area contributed by atoms with Crippen molar-refractivity contribution in [1.82, 2.24) is 25.3 Å². The Bertz CT molecular complexity index is 650. The second kappa shape index (κ2) is 7.15. The van der Waals surface area contributed by atoms with E-state index < -0.39 is 0 Å². The van der Waals surface area contributed by atoms with Crippen molar-refractivity contribution in [2.45, 2.75) is 45.1 Å². The van der Waals surface area contributed by atoms with E-state index in [0.29, 0.717) is 18.8 Å². The van der Waals surface area contributed by atoms with Crippen LogP contribution in [0.1, 0.15) is 53.8 Å². The van der Waals surface area contributed by atoms with Crippen molar-refractivity contribution >= 4 is 11.8 Å². The highest BCUT2D eigenvalue weighted by molar-refractivity contribution is 5.96. The molecule has 136 valence electrons. The number of piperazine rings is 1. The highest BCUT2D eigenvalue weighted by atomic mass is 16.2. The van der Waals surface area contributed by atoms with Gasteiger partial charge in [0.25, 0.3) is 5.91 Å². The van der Waals surface area contributed by atoms with Crippen LogP contribution in [0.3, 0.4) is 0 Å². The van der Waals surface area contributed by atoms with E-state index in [2.05, 4.69) is 20.4 Å². The molecule has 1 aromatic heterocycles. The van der Waals surface area contributed by atoms with Crippen LogP contribution in [0, 0.1) is 5.92 Å². The SMILES string of the molecule is O=C1CN(C(=O)c2n[nH]c3c2CN(CC2CCCCC2)CC3)CCN1. The first kappa shape index (κ1) is 16.6. The van der Waals surface area contributed by atoms with Gasteiger partial charge in [0.2, 0.25) is 5.91 Å². The Balaban J connectivity index is 1.45. The number of fused-ring (bicyclic) bond motifs is 1. The monoisotopic (exact) mass is 345 g/mol. The average Bonchev–Trinajstić information content (AvgIpc) is 3.05. The molecule has 0 bridgehead atoms. The van der Waals surface area contributed by atoms with Gasteiger partial charge in [0, 0.05) is 50.4 Å². The summed E-state index contributed by atoms with van der Waals surface area (Å²) in [6, 6.07) is 0. The summed E-state index contributed by atoms with van der Waals surface area (Å²) in [5.74, 6) is 0.585. The zero-order valence-corrected chi connectivity index (χ0v) is 14.7. The Labute approximate surface area is 148 Å². The molecule has 0 atom stereocenters. The molecule has 0 radical (unpaired) electrons. The molecule has 1 saturated carbocycles. The third kappa shape index (κ3) is 3.56. The number of nitrogens with zero attached hydrogens (tertiary/aromatic N) is 3. The number of hydrogen-bond acceptors (Lipinski definition) is 4. The van der Waals surface area contributed by atoms with Gasteiger partial charge in [-0.2, -0.15) is 5.10 Å². The normalized spacial score (nSPS) is 22.6. The zero-order valence-electron chi connectivity index (χ0n) is 14.7. The molecule has 3 aliphatic rings. The van der Waals surface area contributed by atoms with Crippen molar-refractivity contribution in [1.29, 1.82) is 0 Å². The van der Waals surface area contributed by atoms with Gasteiger partial charge in [0.05, 0.1) is 6.54 Å². The minimum Gasteiger partial charge on any atom is -0.353 e. The van der Waals surface area contributed by atoms with Crippen LogP contribution in [0.25, 0.3) is 0 Å². The summed E-state index contributed by atoms with van der Waals surface area (Å²) in [6.45, 7) is 4.16. The second-order valence-corrected chi connectivity index (χ2v) is 7.60. The number of amides is 2. The molecule has 1 aromatic rings. The minimum absolute atomic E-state index is 0.0945. The van der Waals surface area contributed by atoms with E-state index in [1.54, 1.807) is 4.90 Å². The third-order valence-electron chi connectivity index (χ3n) is 5.78. The summed E-state index contributed by atoms with van der Waals surface area (Å²) < 4.78 is 0. The van der Waals surface area contributed by atoms with Crippen LogP contribution in [0.5, 0.6) is 0 Å². The van der Waals surface area contributed by atoms with Gasteiger partial charge in [-0.05, 0) is 18.8 Å². The van der Waals surface area contributed by atoms with Gasteiger partial charge in [-0.25, -0.2) is 0 Å². The summed E-state index contributed by atoms with van der Waals surface area (Å²) in [4.78, 5) is 28.5. The maximum atomic E-state index is 12.8. The summed E-state index contributed by atoms with van der Waals surface area (Å²) >= 11 is 0. The van der Waals surface area contributed by atoms with Crippen LogP contribution >= 0.6 is 0 Å². The molecule has 0 aromatic carbocycles. The lowest BCUT2D eigenvalue weighted by Crippen LogP contribution is -2.50. The lowest BCUT2D eigenvalue weighted by Gasteiger charge is -2.32. The highest BCUT2D eigenvalue weighted by Crippen LogP contribution is 2.27. The predicted molar refractivity (Wildman–Crippen MR) is 93.1 cm³/mol. The molecule has 7 nitrogen and oxygen atoms in total. The van der Waals surface area contributed by atoms with Gasteiger partial charge in [0.1, 0.15) is 0 Å². The third-order valence-corrected chi connectivity index (χ3v) is 5.78. The number of hydrogen-bond donors (Lipinski definition) is 2. The fraction of sp³-hybridized carbons (Fsp3) is 0.722. The van der Waals surface area contributed by atoms with Gasteiger partial charge in [0.15, 0.2) is 5.69 Å². The first-order chi connectivity index (χ1) is 12.2. The largest absolute Gasteiger partial charge is 0.353 e. The predicted octanol–water partition coefficient (Wildman–Crippen LogP) is 0.920. The van der Waals surface area contributed by atoms with Gasteiger partial charge < -0.3 is 10.2 Å². The second-order valence-electron chi connectivity index (χ2n) is 7.60. The van der Waals surface area contributed by atoms with Gasteiger partial charge in [-0.1, -0.05) is 19.3 Å². The number of nitrogens with one attached hydrogen (secondary N) is 2. The molecule has 1 saturated heterocycles. The molecule has 7 heteroatoms. The average molecular weight is 345 g/mol. The van der Waals surface area contributed by atoms with Crippen LogP contribution in [0.4, 0.5) is 0 Å². The molecule has 0 unspecified atom stereocenters. The number of carbonyl (C=O) groups is 2. The van der Waals surface area contributed by atoms with E-state index in [4.69, 9.17) is 0 Å². The smallest absolute Gasteiger partial charge is 0.275 e. The van der Waals surface area contributed by atoms with Crippen LogP contribution in [-0.4, -0.2) is 64.5 Å². The molecule has 2 fully saturated rings. The first-order valence-electron chi connectivity index (χ1n) is 9.55. The fourth-order valence-electron chi connectivity index (χ4n) is 4.38. The van der Waals surface area contributed by atoms with Crippen LogP contribution in [0.2, 0.25) is 0 Å². The summed E-state index contributed by atoms with van der Waals surface area (Å²) in [6.07, 6.45) is 7.69. The number of carbonyl (C=O) groups excluding carboxylic acids is 2. The maximum Gasteiger partial charge on any atom is 0.275 e. The Kier molecular flexibility index (Phi) is 4.74. The standard InChI is InChI=1S/C18H27N5O2/c24-16-12-23(9-7-19-16)18(25)17-14-11-22(8-6-15(14)20-21-17)10-13-4-2-1-3-5-13/h13H,1-12H2,(H,19,24)(H,20,21). The lowest BCUT2D eigenvalue weighted by molar-refractivity contribution is -0.123. The van der Waals surface area contributed by atoms with Crippen molar-refractivity contribution in [3.05, 3.63) is 17.0 Å². The van der Waals surface area contributed by atoms with Crippen molar-refractivity contribution < 1.29 is 9.59 Å². The summed E-state index contributed by atoms with van der Waals surface area (Å²) in [7, 11) is 0. The van der Waals surface area contributed by atoms with Gasteiger partial charge >= 0.3 is 0 Å². The molecule has 0 spiro atoms. The summed E-state index contributed by atoms with van der Waals surface area (Å²) in [5, 5.41) is 10.1. The molecule has 2 N–H and O–H groups in total. The van der Waals surface area contributed by atoms with Crippen molar-refractivity contribution in [3.63, 3.8) is 0 Å². The topological polar surface area (TPSA) is 81.3 Å². The first-order valence-corrected chi connectivity index (χ1v) is 9.55. The van der Waals surface area contributed by atoms with Crippen molar-refractivity contribution in [2.24, 2.45) is 5.92 Å². The number of aromatic amines is 1. The highest BCUT2D eigenvalue weighted by Gasteiger charge is 2.30. The molecular formula is C18H27N5O2. The van der Waals surface area contributed by atoms with Crippen molar-refractivity contribution in [3.8, 4) is 0 Å².